The zero-order valence-electron chi connectivity index (χ0n) is 17.7. The van der Waals surface area contributed by atoms with Crippen LogP contribution in [-0.2, 0) is 11.4 Å². The summed E-state index contributed by atoms with van der Waals surface area (Å²) in [4.78, 5) is 23.2. The fourth-order valence-electron chi connectivity index (χ4n) is 2.94. The summed E-state index contributed by atoms with van der Waals surface area (Å²) < 4.78 is 12.8. The highest BCUT2D eigenvalue weighted by molar-refractivity contribution is 14.1. The average molecular weight is 681 g/mol. The van der Waals surface area contributed by atoms with Crippen LogP contribution in [0.25, 0.3) is 6.08 Å². The molecule has 172 valence electrons. The van der Waals surface area contributed by atoms with Gasteiger partial charge in [-0.3, -0.25) is 14.9 Å². The van der Waals surface area contributed by atoms with Gasteiger partial charge >= 0.3 is 0 Å². The fraction of sp³-hybridized carbons (Fsp3) is 0.0833. The van der Waals surface area contributed by atoms with Gasteiger partial charge in [0.05, 0.1) is 24.9 Å². The fourth-order valence-corrected chi connectivity index (χ4v) is 5.07. The Morgan fingerprint density at radius 3 is 2.41 bits per heavy atom. The van der Waals surface area contributed by atoms with Crippen LogP contribution in [0.1, 0.15) is 11.1 Å². The molecule has 0 radical (unpaired) electrons. The van der Waals surface area contributed by atoms with Crippen LogP contribution < -0.4 is 14.8 Å². The molecule has 0 aliphatic heterocycles. The van der Waals surface area contributed by atoms with Gasteiger partial charge in [0.2, 0.25) is 0 Å². The predicted octanol–water partition coefficient (Wildman–Crippen LogP) is 5.94. The van der Waals surface area contributed by atoms with Crippen LogP contribution >= 0.6 is 45.2 Å². The largest absolute Gasteiger partial charge is 0.495 e. The van der Waals surface area contributed by atoms with E-state index in [1.54, 1.807) is 0 Å². The third-order valence-electron chi connectivity index (χ3n) is 4.56. The summed E-state index contributed by atoms with van der Waals surface area (Å²) in [6.45, 7) is 0.416. The highest BCUT2D eigenvalue weighted by atomic mass is 127. The molecule has 0 aliphatic rings. The molecule has 8 nitrogen and oxygen atoms in total. The van der Waals surface area contributed by atoms with Gasteiger partial charge in [-0.2, -0.15) is 5.26 Å². The minimum absolute atomic E-state index is 0.0941. The van der Waals surface area contributed by atoms with E-state index < -0.39 is 10.8 Å². The van der Waals surface area contributed by atoms with Crippen molar-refractivity contribution in [3.8, 4) is 17.6 Å². The Morgan fingerprint density at radius 1 is 1.15 bits per heavy atom. The standard InChI is InChI=1S/C24H17I2N3O5/c1-33-22-8-7-18(29(31)32)12-21(22)28-24(30)17(13-27)9-16-10-19(25)23(20(26)11-16)34-14-15-5-3-2-4-6-15/h2-12H,14H2,1H3,(H,28,30)/b17-9+. The predicted molar refractivity (Wildman–Crippen MR) is 145 cm³/mol. The van der Waals surface area contributed by atoms with E-state index in [0.29, 0.717) is 17.9 Å². The Labute approximate surface area is 223 Å². The maximum atomic E-state index is 12.7. The summed E-state index contributed by atoms with van der Waals surface area (Å²) in [5.41, 5.74) is 1.39. The number of hydrogen-bond acceptors (Lipinski definition) is 6. The quantitative estimate of drug-likeness (QED) is 0.104. The number of nitrogens with one attached hydrogen (secondary N) is 1. The molecule has 1 amide bonds. The molecular formula is C24H17I2N3O5. The van der Waals surface area contributed by atoms with E-state index in [1.165, 1.54) is 31.4 Å². The van der Waals surface area contributed by atoms with Gasteiger partial charge in [-0.05, 0) is 80.6 Å². The normalized spacial score (nSPS) is 10.8. The number of nitriles is 1. The van der Waals surface area contributed by atoms with Crippen molar-refractivity contribution in [2.75, 3.05) is 12.4 Å². The molecule has 0 heterocycles. The van der Waals surface area contributed by atoms with Gasteiger partial charge < -0.3 is 14.8 Å². The second-order valence-corrected chi connectivity index (χ2v) is 9.18. The van der Waals surface area contributed by atoms with Gasteiger partial charge in [0.15, 0.2) is 0 Å². The number of rotatable bonds is 8. The van der Waals surface area contributed by atoms with Crippen molar-refractivity contribution in [1.82, 2.24) is 0 Å². The van der Waals surface area contributed by atoms with Crippen molar-refractivity contribution >= 4 is 68.5 Å². The third kappa shape index (κ3) is 6.45. The monoisotopic (exact) mass is 681 g/mol. The van der Waals surface area contributed by atoms with Crippen LogP contribution in [0.15, 0.2) is 66.2 Å². The molecule has 0 aliphatic carbocycles. The van der Waals surface area contributed by atoms with E-state index in [9.17, 15) is 20.2 Å². The lowest BCUT2D eigenvalue weighted by atomic mass is 10.1. The van der Waals surface area contributed by atoms with Crippen molar-refractivity contribution in [1.29, 1.82) is 5.26 Å². The van der Waals surface area contributed by atoms with E-state index in [1.807, 2.05) is 48.5 Å². The Hall–Kier alpha value is -3.18. The number of carbonyl (C=O) groups excluding carboxylic acids is 1. The number of methoxy groups -OCH3 is 1. The number of nitro groups is 1. The van der Waals surface area contributed by atoms with Crippen LogP contribution in [0, 0.1) is 28.6 Å². The minimum Gasteiger partial charge on any atom is -0.495 e. The second-order valence-electron chi connectivity index (χ2n) is 6.85. The molecule has 0 saturated heterocycles. The van der Waals surface area contributed by atoms with E-state index in [-0.39, 0.29) is 22.7 Å². The highest BCUT2D eigenvalue weighted by Crippen LogP contribution is 2.31. The van der Waals surface area contributed by atoms with Crippen LogP contribution in [0.5, 0.6) is 11.5 Å². The number of benzene rings is 3. The Kier molecular flexibility index (Phi) is 8.83. The van der Waals surface area contributed by atoms with Gasteiger partial charge in [0.1, 0.15) is 29.7 Å². The number of amides is 1. The number of anilines is 1. The smallest absolute Gasteiger partial charge is 0.271 e. The summed E-state index contributed by atoms with van der Waals surface area (Å²) in [7, 11) is 1.38. The number of halogens is 2. The molecule has 0 fully saturated rings. The van der Waals surface area contributed by atoms with Crippen LogP contribution in [0.4, 0.5) is 11.4 Å². The molecule has 3 aromatic rings. The Balaban J connectivity index is 1.82. The first-order valence-corrected chi connectivity index (χ1v) is 11.9. The van der Waals surface area contributed by atoms with E-state index in [4.69, 9.17) is 9.47 Å². The highest BCUT2D eigenvalue weighted by Gasteiger charge is 2.17. The molecule has 0 saturated carbocycles. The van der Waals surface area contributed by atoms with Crippen molar-refractivity contribution in [2.24, 2.45) is 0 Å². The van der Waals surface area contributed by atoms with E-state index in [2.05, 4.69) is 50.5 Å². The molecule has 0 spiro atoms. The van der Waals surface area contributed by atoms with E-state index >= 15 is 0 Å². The summed E-state index contributed by atoms with van der Waals surface area (Å²) in [6.07, 6.45) is 1.45. The number of non-ortho nitro benzene ring substituents is 1. The van der Waals surface area contributed by atoms with Gasteiger partial charge in [-0.25, -0.2) is 0 Å². The molecule has 10 heteroatoms. The number of ether oxygens (including phenoxy) is 2. The van der Waals surface area contributed by atoms with E-state index in [0.717, 1.165) is 12.7 Å². The number of carbonyl (C=O) groups is 1. The molecule has 1 N–H and O–H groups in total. The van der Waals surface area contributed by atoms with Crippen LogP contribution in [-0.4, -0.2) is 17.9 Å². The first-order valence-electron chi connectivity index (χ1n) is 9.73. The number of nitrogens with zero attached hydrogens (tertiary/aromatic N) is 2. The average Bonchev–Trinajstić information content (AvgIpc) is 2.82. The van der Waals surface area contributed by atoms with Gasteiger partial charge in [0.25, 0.3) is 11.6 Å². The van der Waals surface area contributed by atoms with Crippen molar-refractivity contribution in [3.63, 3.8) is 0 Å². The molecule has 0 unspecified atom stereocenters. The van der Waals surface area contributed by atoms with Crippen LogP contribution in [0.3, 0.4) is 0 Å². The summed E-state index contributed by atoms with van der Waals surface area (Å²) >= 11 is 4.29. The zero-order valence-corrected chi connectivity index (χ0v) is 22.1. The Bertz CT molecular complexity index is 1280. The van der Waals surface area contributed by atoms with Gasteiger partial charge in [-0.1, -0.05) is 30.3 Å². The van der Waals surface area contributed by atoms with Crippen molar-refractivity contribution in [2.45, 2.75) is 6.61 Å². The molecule has 0 bridgehead atoms. The molecular weight excluding hydrogens is 664 g/mol. The Morgan fingerprint density at radius 2 is 1.82 bits per heavy atom. The molecule has 0 atom stereocenters. The zero-order chi connectivity index (χ0) is 24.7. The third-order valence-corrected chi connectivity index (χ3v) is 6.17. The van der Waals surface area contributed by atoms with Gasteiger partial charge in [0, 0.05) is 12.1 Å². The van der Waals surface area contributed by atoms with Crippen LogP contribution in [0.2, 0.25) is 0 Å². The lowest BCUT2D eigenvalue weighted by Crippen LogP contribution is -2.14. The molecule has 0 aromatic heterocycles. The number of hydrogen-bond donors (Lipinski definition) is 1. The molecule has 34 heavy (non-hydrogen) atoms. The summed E-state index contributed by atoms with van der Waals surface area (Å²) in [5.74, 6) is 0.238. The summed E-state index contributed by atoms with van der Waals surface area (Å²) in [6, 6.07) is 19.1. The minimum atomic E-state index is -0.712. The SMILES string of the molecule is COc1ccc([N+](=O)[O-])cc1NC(=O)/C(C#N)=C/c1cc(I)c(OCc2ccccc2)c(I)c1. The lowest BCUT2D eigenvalue weighted by molar-refractivity contribution is -0.384. The maximum Gasteiger partial charge on any atom is 0.271 e. The topological polar surface area (TPSA) is 114 Å². The summed E-state index contributed by atoms with van der Waals surface area (Å²) in [5, 5.41) is 23.1. The van der Waals surface area contributed by atoms with Crippen molar-refractivity contribution < 1.29 is 19.2 Å². The lowest BCUT2D eigenvalue weighted by Gasteiger charge is -2.12. The second kappa shape index (κ2) is 11.8. The molecule has 3 rings (SSSR count). The first kappa shape index (κ1) is 25.4. The number of nitro benzene ring substituents is 1. The van der Waals surface area contributed by atoms with Crippen molar-refractivity contribution in [3.05, 3.63) is 94.6 Å². The first-order chi connectivity index (χ1) is 16.3. The molecule has 3 aromatic carbocycles. The van der Waals surface area contributed by atoms with Gasteiger partial charge in [-0.15, -0.1) is 0 Å². The maximum absolute atomic E-state index is 12.7.